The zero-order chi connectivity index (χ0) is 21.8. The van der Waals surface area contributed by atoms with E-state index in [1.165, 1.54) is 0 Å². The maximum atomic E-state index is 12.8. The Hall–Kier alpha value is -2.84. The van der Waals surface area contributed by atoms with Crippen LogP contribution in [0.4, 0.5) is 4.79 Å². The number of esters is 1. The molecule has 1 unspecified atom stereocenters. The van der Waals surface area contributed by atoms with Gasteiger partial charge in [0.1, 0.15) is 5.76 Å². The number of hydrogen-bond donors (Lipinski definition) is 2. The van der Waals surface area contributed by atoms with Crippen molar-refractivity contribution in [2.45, 2.75) is 33.4 Å². The number of amides is 2. The largest absolute Gasteiger partial charge is 0.463 e. The average Bonchev–Trinajstić information content (AvgIpc) is 3.00. The third kappa shape index (κ3) is 4.83. The molecule has 30 heavy (non-hydrogen) atoms. The number of ether oxygens (including phenoxy) is 1. The van der Waals surface area contributed by atoms with Crippen molar-refractivity contribution in [1.29, 1.82) is 0 Å². The van der Waals surface area contributed by atoms with E-state index in [4.69, 9.17) is 20.9 Å². The first-order chi connectivity index (χ1) is 14.3. The van der Waals surface area contributed by atoms with Gasteiger partial charge in [-0.3, -0.25) is 4.90 Å². The highest BCUT2D eigenvalue weighted by atomic mass is 35.5. The lowest BCUT2D eigenvalue weighted by Gasteiger charge is -2.31. The Labute approximate surface area is 180 Å². The summed E-state index contributed by atoms with van der Waals surface area (Å²) in [5.41, 5.74) is 3.39. The van der Waals surface area contributed by atoms with Gasteiger partial charge >= 0.3 is 12.0 Å². The molecule has 0 bridgehead atoms. The zero-order valence-electron chi connectivity index (χ0n) is 17.4. The second-order valence-electron chi connectivity index (χ2n) is 7.17. The van der Waals surface area contributed by atoms with Crippen molar-refractivity contribution < 1.29 is 18.8 Å². The molecule has 1 aromatic carbocycles. The van der Waals surface area contributed by atoms with Crippen LogP contribution in [0.3, 0.4) is 0 Å². The lowest BCUT2D eigenvalue weighted by molar-refractivity contribution is -0.139. The maximum absolute atomic E-state index is 12.8. The lowest BCUT2D eigenvalue weighted by atomic mass is 9.95. The number of likely N-dealkylation sites (N-methyl/N-ethyl adjacent to an activating group) is 1. The van der Waals surface area contributed by atoms with Crippen molar-refractivity contribution in [2.24, 2.45) is 0 Å². The van der Waals surface area contributed by atoms with Gasteiger partial charge in [0.05, 0.1) is 23.9 Å². The zero-order valence-corrected chi connectivity index (χ0v) is 18.2. The van der Waals surface area contributed by atoms with E-state index in [1.807, 2.05) is 25.8 Å². The third-order valence-corrected chi connectivity index (χ3v) is 5.14. The van der Waals surface area contributed by atoms with Gasteiger partial charge in [0.2, 0.25) is 0 Å². The molecule has 1 aliphatic rings. The van der Waals surface area contributed by atoms with Crippen molar-refractivity contribution in [3.8, 4) is 0 Å². The van der Waals surface area contributed by atoms with Crippen LogP contribution in [0.15, 0.2) is 40.1 Å². The van der Waals surface area contributed by atoms with Gasteiger partial charge in [0.25, 0.3) is 0 Å². The second kappa shape index (κ2) is 9.32. The normalized spacial score (nSPS) is 16.5. The summed E-state index contributed by atoms with van der Waals surface area (Å²) in [6.07, 6.45) is 0. The highest BCUT2D eigenvalue weighted by Gasteiger charge is 2.34. The highest BCUT2D eigenvalue weighted by Crippen LogP contribution is 2.29. The molecule has 2 amide bonds. The molecule has 1 aromatic heterocycles. The number of carbonyl (C=O) groups excluding carboxylic acids is 2. The number of nitrogens with one attached hydrogen (secondary N) is 2. The first kappa shape index (κ1) is 21.9. The van der Waals surface area contributed by atoms with E-state index in [-0.39, 0.29) is 12.6 Å². The first-order valence-corrected chi connectivity index (χ1v) is 10.0. The topological polar surface area (TPSA) is 96.7 Å². The molecule has 9 heteroatoms. The van der Waals surface area contributed by atoms with Crippen LogP contribution in [-0.4, -0.2) is 42.3 Å². The van der Waals surface area contributed by atoms with Gasteiger partial charge in [0, 0.05) is 29.4 Å². The molecular weight excluding hydrogens is 408 g/mol. The van der Waals surface area contributed by atoms with Crippen LogP contribution >= 0.6 is 11.6 Å². The van der Waals surface area contributed by atoms with E-state index in [1.54, 1.807) is 31.2 Å². The fraction of sp³-hybridized carbons (Fsp3) is 0.381. The van der Waals surface area contributed by atoms with Crippen molar-refractivity contribution in [3.05, 3.63) is 63.1 Å². The molecule has 1 atom stereocenters. The Morgan fingerprint density at radius 2 is 1.97 bits per heavy atom. The van der Waals surface area contributed by atoms with Gasteiger partial charge in [-0.25, -0.2) is 9.59 Å². The van der Waals surface area contributed by atoms with E-state index in [0.29, 0.717) is 29.4 Å². The standard InChI is InChI=1S/C21H25ClN4O4/c1-5-29-20(27)18-17(11-26(4)10-16-12(2)25-30-13(16)3)23-21(28)24-19(18)14-6-8-15(22)9-7-14/h6-9,19H,5,10-11H2,1-4H3,(H2,23,24,28). The monoisotopic (exact) mass is 432 g/mol. The molecule has 2 heterocycles. The molecule has 160 valence electrons. The minimum Gasteiger partial charge on any atom is -0.463 e. The predicted molar refractivity (Wildman–Crippen MR) is 112 cm³/mol. The quantitative estimate of drug-likeness (QED) is 0.652. The van der Waals surface area contributed by atoms with E-state index >= 15 is 0 Å². The lowest BCUT2D eigenvalue weighted by Crippen LogP contribution is -2.48. The third-order valence-electron chi connectivity index (χ3n) is 4.89. The first-order valence-electron chi connectivity index (χ1n) is 9.63. The fourth-order valence-electron chi connectivity index (χ4n) is 3.42. The second-order valence-corrected chi connectivity index (χ2v) is 7.61. The van der Waals surface area contributed by atoms with E-state index in [0.717, 1.165) is 22.6 Å². The molecule has 1 aliphatic heterocycles. The number of hydrogen-bond acceptors (Lipinski definition) is 6. The van der Waals surface area contributed by atoms with Crippen molar-refractivity contribution >= 4 is 23.6 Å². The van der Waals surface area contributed by atoms with Gasteiger partial charge in [-0.05, 0) is 45.5 Å². The SMILES string of the molecule is CCOC(=O)C1=C(CN(C)Cc2c(C)noc2C)NC(=O)NC1c1ccc(Cl)cc1. The van der Waals surface area contributed by atoms with Gasteiger partial charge in [-0.1, -0.05) is 28.9 Å². The molecule has 0 radical (unpaired) electrons. The smallest absolute Gasteiger partial charge is 0.338 e. The van der Waals surface area contributed by atoms with Crippen LogP contribution < -0.4 is 10.6 Å². The number of nitrogens with zero attached hydrogens (tertiary/aromatic N) is 2. The molecular formula is C21H25ClN4O4. The number of urea groups is 1. The van der Waals surface area contributed by atoms with Gasteiger partial charge in [0.15, 0.2) is 0 Å². The maximum Gasteiger partial charge on any atom is 0.338 e. The van der Waals surface area contributed by atoms with Crippen LogP contribution in [-0.2, 0) is 16.1 Å². The summed E-state index contributed by atoms with van der Waals surface area (Å²) < 4.78 is 10.5. The summed E-state index contributed by atoms with van der Waals surface area (Å²) in [4.78, 5) is 27.2. The summed E-state index contributed by atoms with van der Waals surface area (Å²) in [6, 6.07) is 5.97. The molecule has 2 aromatic rings. The summed E-state index contributed by atoms with van der Waals surface area (Å²) in [5, 5.41) is 10.1. The number of rotatable bonds is 7. The summed E-state index contributed by atoms with van der Waals surface area (Å²) >= 11 is 6.00. The Bertz CT molecular complexity index is 948. The molecule has 0 saturated carbocycles. The Kier molecular flexibility index (Phi) is 6.79. The van der Waals surface area contributed by atoms with Crippen molar-refractivity contribution in [2.75, 3.05) is 20.2 Å². The Morgan fingerprint density at radius 3 is 2.57 bits per heavy atom. The number of aryl methyl sites for hydroxylation is 2. The highest BCUT2D eigenvalue weighted by molar-refractivity contribution is 6.30. The van der Waals surface area contributed by atoms with E-state index < -0.39 is 12.0 Å². The fourth-order valence-corrected chi connectivity index (χ4v) is 3.55. The summed E-state index contributed by atoms with van der Waals surface area (Å²) in [5.74, 6) is 0.262. The number of benzene rings is 1. The average molecular weight is 433 g/mol. The Morgan fingerprint density at radius 1 is 1.27 bits per heavy atom. The van der Waals surface area contributed by atoms with Gasteiger partial charge in [-0.2, -0.15) is 0 Å². The van der Waals surface area contributed by atoms with E-state index in [9.17, 15) is 9.59 Å². The molecule has 2 N–H and O–H groups in total. The molecule has 0 fully saturated rings. The van der Waals surface area contributed by atoms with Crippen LogP contribution in [0.1, 0.15) is 35.5 Å². The van der Waals surface area contributed by atoms with Crippen molar-refractivity contribution in [1.82, 2.24) is 20.7 Å². The van der Waals surface area contributed by atoms with Crippen LogP contribution in [0, 0.1) is 13.8 Å². The Balaban J connectivity index is 1.95. The van der Waals surface area contributed by atoms with Crippen LogP contribution in [0.25, 0.3) is 0 Å². The number of aromatic nitrogens is 1. The summed E-state index contributed by atoms with van der Waals surface area (Å²) in [6.45, 7) is 6.59. The molecule has 0 spiro atoms. The molecule has 0 saturated heterocycles. The minimum absolute atomic E-state index is 0.228. The molecule has 8 nitrogen and oxygen atoms in total. The number of carbonyl (C=O) groups is 2. The summed E-state index contributed by atoms with van der Waals surface area (Å²) in [7, 11) is 1.90. The predicted octanol–water partition coefficient (Wildman–Crippen LogP) is 3.25. The van der Waals surface area contributed by atoms with Gasteiger partial charge in [-0.15, -0.1) is 0 Å². The van der Waals surface area contributed by atoms with Gasteiger partial charge < -0.3 is 19.9 Å². The van der Waals surface area contributed by atoms with E-state index in [2.05, 4.69) is 15.8 Å². The molecule has 0 aliphatic carbocycles. The minimum atomic E-state index is -0.641. The molecule has 3 rings (SSSR count). The number of halogens is 1. The van der Waals surface area contributed by atoms with Crippen LogP contribution in [0.2, 0.25) is 5.02 Å². The van der Waals surface area contributed by atoms with Crippen LogP contribution in [0.5, 0.6) is 0 Å². The van der Waals surface area contributed by atoms with Crippen molar-refractivity contribution in [3.63, 3.8) is 0 Å².